The van der Waals surface area contributed by atoms with Gasteiger partial charge in [-0.1, -0.05) is 0 Å². The van der Waals surface area contributed by atoms with Crippen molar-refractivity contribution < 1.29 is 4.74 Å². The summed E-state index contributed by atoms with van der Waals surface area (Å²) in [4.78, 5) is 9.05. The van der Waals surface area contributed by atoms with Crippen LogP contribution in [0.3, 0.4) is 0 Å². The van der Waals surface area contributed by atoms with Gasteiger partial charge in [-0.05, 0) is 31.9 Å². The Bertz CT molecular complexity index is 560. The van der Waals surface area contributed by atoms with Gasteiger partial charge in [0.25, 0.3) is 0 Å². The molecule has 0 atom stereocenters. The molecule has 96 valence electrons. The molecule has 0 unspecified atom stereocenters. The zero-order valence-electron chi connectivity index (χ0n) is 10.4. The van der Waals surface area contributed by atoms with E-state index in [-0.39, 0.29) is 5.54 Å². The Labute approximate surface area is 111 Å². The third-order valence-electron chi connectivity index (χ3n) is 3.71. The molecule has 0 amide bonds. The van der Waals surface area contributed by atoms with Gasteiger partial charge in [0.1, 0.15) is 11.3 Å². The van der Waals surface area contributed by atoms with Gasteiger partial charge in [-0.3, -0.25) is 0 Å². The van der Waals surface area contributed by atoms with E-state index in [1.807, 2.05) is 12.1 Å². The molecule has 3 heterocycles. The van der Waals surface area contributed by atoms with E-state index in [4.69, 9.17) is 16.3 Å². The summed E-state index contributed by atoms with van der Waals surface area (Å²) in [6.45, 7) is 3.80. The number of hydrogen-bond acceptors (Lipinski definition) is 3. The lowest BCUT2D eigenvalue weighted by Gasteiger charge is -2.36. The Morgan fingerprint density at radius 1 is 1.44 bits per heavy atom. The monoisotopic (exact) mass is 265 g/mol. The smallest absolute Gasteiger partial charge is 0.160 e. The highest BCUT2D eigenvalue weighted by Gasteiger charge is 2.33. The van der Waals surface area contributed by atoms with Crippen LogP contribution < -0.4 is 0 Å². The number of ether oxygens (including phenoxy) is 1. The molecule has 2 aromatic rings. The number of halogens is 1. The molecular formula is C13H16ClN3O. The fourth-order valence-electron chi connectivity index (χ4n) is 2.65. The minimum absolute atomic E-state index is 0.00553. The highest BCUT2D eigenvalue weighted by Crippen LogP contribution is 2.33. The van der Waals surface area contributed by atoms with E-state index in [0.717, 1.165) is 43.0 Å². The van der Waals surface area contributed by atoms with E-state index in [1.54, 1.807) is 6.20 Å². The van der Waals surface area contributed by atoms with Crippen molar-refractivity contribution in [2.24, 2.45) is 0 Å². The average Bonchev–Trinajstić information content (AvgIpc) is 2.78. The number of hydrogen-bond donors (Lipinski definition) is 0. The normalized spacial score (nSPS) is 19.2. The summed E-state index contributed by atoms with van der Waals surface area (Å²) in [5.74, 6) is 1.31. The quantitative estimate of drug-likeness (QED) is 0.784. The van der Waals surface area contributed by atoms with Crippen molar-refractivity contribution in [3.05, 3.63) is 24.2 Å². The van der Waals surface area contributed by atoms with Gasteiger partial charge >= 0.3 is 0 Å². The molecule has 0 saturated carbocycles. The van der Waals surface area contributed by atoms with Gasteiger partial charge in [0.2, 0.25) is 0 Å². The van der Waals surface area contributed by atoms with Gasteiger partial charge in [-0.25, -0.2) is 9.97 Å². The summed E-state index contributed by atoms with van der Waals surface area (Å²) in [7, 11) is 0. The molecule has 1 saturated heterocycles. The molecule has 3 rings (SSSR count). The molecule has 1 aliphatic heterocycles. The van der Waals surface area contributed by atoms with Crippen molar-refractivity contribution in [2.75, 3.05) is 13.2 Å². The molecule has 5 heteroatoms. The zero-order chi connectivity index (χ0) is 12.6. The SMILES string of the molecule is CC1(n2c(CCl)nc3cccnc32)CCOCC1. The fraction of sp³-hybridized carbons (Fsp3) is 0.538. The van der Waals surface area contributed by atoms with Crippen LogP contribution in [0.2, 0.25) is 0 Å². The maximum absolute atomic E-state index is 6.04. The van der Waals surface area contributed by atoms with Crippen molar-refractivity contribution in [1.82, 2.24) is 14.5 Å². The highest BCUT2D eigenvalue weighted by atomic mass is 35.5. The standard InChI is InChI=1S/C13H16ClN3O/c1-13(4-7-18-8-5-13)17-11(9-14)16-10-3-2-6-15-12(10)17/h2-3,6H,4-5,7-9H2,1H3. The molecular weight excluding hydrogens is 250 g/mol. The topological polar surface area (TPSA) is 39.9 Å². The van der Waals surface area contributed by atoms with Crippen LogP contribution in [0.5, 0.6) is 0 Å². The molecule has 0 spiro atoms. The summed E-state index contributed by atoms with van der Waals surface area (Å²) in [5.41, 5.74) is 1.85. The molecule has 0 aliphatic carbocycles. The Morgan fingerprint density at radius 3 is 2.94 bits per heavy atom. The van der Waals surface area contributed by atoms with Crippen molar-refractivity contribution in [2.45, 2.75) is 31.2 Å². The third-order valence-corrected chi connectivity index (χ3v) is 3.95. The summed E-state index contributed by atoms with van der Waals surface area (Å²) in [6.07, 6.45) is 3.75. The maximum Gasteiger partial charge on any atom is 0.160 e. The molecule has 0 radical (unpaired) electrons. The van der Waals surface area contributed by atoms with Crippen molar-refractivity contribution in [3.8, 4) is 0 Å². The second-order valence-electron chi connectivity index (χ2n) is 4.95. The van der Waals surface area contributed by atoms with Crippen LogP contribution in [-0.2, 0) is 16.2 Å². The van der Waals surface area contributed by atoms with Crippen LogP contribution in [0.1, 0.15) is 25.6 Å². The van der Waals surface area contributed by atoms with Gasteiger partial charge in [0.05, 0.1) is 5.88 Å². The summed E-state index contributed by atoms with van der Waals surface area (Å²) < 4.78 is 7.67. The van der Waals surface area contributed by atoms with Crippen LogP contribution >= 0.6 is 11.6 Å². The number of fused-ring (bicyclic) bond motifs is 1. The second-order valence-corrected chi connectivity index (χ2v) is 5.22. The Morgan fingerprint density at radius 2 is 2.22 bits per heavy atom. The molecule has 4 nitrogen and oxygen atoms in total. The van der Waals surface area contributed by atoms with E-state index >= 15 is 0 Å². The first kappa shape index (κ1) is 11.9. The first-order valence-electron chi connectivity index (χ1n) is 6.21. The summed E-state index contributed by atoms with van der Waals surface area (Å²) >= 11 is 6.04. The summed E-state index contributed by atoms with van der Waals surface area (Å²) in [6, 6.07) is 3.89. The molecule has 1 fully saturated rings. The van der Waals surface area contributed by atoms with Gasteiger partial charge < -0.3 is 9.30 Å². The minimum atomic E-state index is 0.00553. The van der Waals surface area contributed by atoms with Crippen LogP contribution in [0, 0.1) is 0 Å². The largest absolute Gasteiger partial charge is 0.381 e. The van der Waals surface area contributed by atoms with Crippen molar-refractivity contribution in [3.63, 3.8) is 0 Å². The van der Waals surface area contributed by atoms with Gasteiger partial charge in [0, 0.05) is 24.9 Å². The van der Waals surface area contributed by atoms with Gasteiger partial charge in [-0.15, -0.1) is 11.6 Å². The number of nitrogens with zero attached hydrogens (tertiary/aromatic N) is 3. The molecule has 1 aliphatic rings. The zero-order valence-corrected chi connectivity index (χ0v) is 11.2. The van der Waals surface area contributed by atoms with Crippen LogP contribution in [0.15, 0.2) is 18.3 Å². The predicted molar refractivity (Wildman–Crippen MR) is 70.8 cm³/mol. The lowest BCUT2D eigenvalue weighted by molar-refractivity contribution is 0.0300. The number of alkyl halides is 1. The number of aromatic nitrogens is 3. The predicted octanol–water partition coefficient (Wildman–Crippen LogP) is 2.70. The van der Waals surface area contributed by atoms with Crippen molar-refractivity contribution in [1.29, 1.82) is 0 Å². The van der Waals surface area contributed by atoms with Crippen LogP contribution in [-0.4, -0.2) is 27.7 Å². The van der Waals surface area contributed by atoms with E-state index in [1.165, 1.54) is 0 Å². The van der Waals surface area contributed by atoms with Gasteiger partial charge in [0.15, 0.2) is 5.65 Å². The lowest BCUT2D eigenvalue weighted by atomic mass is 9.92. The van der Waals surface area contributed by atoms with Crippen LogP contribution in [0.4, 0.5) is 0 Å². The summed E-state index contributed by atoms with van der Waals surface area (Å²) in [5, 5.41) is 0. The molecule has 0 aromatic carbocycles. The Balaban J connectivity index is 2.19. The minimum Gasteiger partial charge on any atom is -0.381 e. The Kier molecular flexibility index (Phi) is 2.99. The van der Waals surface area contributed by atoms with Gasteiger partial charge in [-0.2, -0.15) is 0 Å². The maximum atomic E-state index is 6.04. The number of rotatable bonds is 2. The third kappa shape index (κ3) is 1.80. The van der Waals surface area contributed by atoms with Crippen molar-refractivity contribution >= 4 is 22.8 Å². The first-order chi connectivity index (χ1) is 8.74. The molecule has 0 N–H and O–H groups in total. The molecule has 18 heavy (non-hydrogen) atoms. The lowest BCUT2D eigenvalue weighted by Crippen LogP contribution is -2.37. The van der Waals surface area contributed by atoms with E-state index < -0.39 is 0 Å². The molecule has 2 aromatic heterocycles. The number of pyridine rings is 1. The van der Waals surface area contributed by atoms with Crippen LogP contribution in [0.25, 0.3) is 11.2 Å². The Hall–Kier alpha value is -1.13. The fourth-order valence-corrected chi connectivity index (χ4v) is 2.83. The van der Waals surface area contributed by atoms with E-state index in [2.05, 4.69) is 21.5 Å². The molecule has 0 bridgehead atoms. The number of imidazole rings is 1. The first-order valence-corrected chi connectivity index (χ1v) is 6.74. The second kappa shape index (κ2) is 4.52. The van der Waals surface area contributed by atoms with E-state index in [0.29, 0.717) is 5.88 Å². The highest BCUT2D eigenvalue weighted by molar-refractivity contribution is 6.16. The average molecular weight is 266 g/mol. The van der Waals surface area contributed by atoms with E-state index in [9.17, 15) is 0 Å².